The molecular formula is C25H36N6O2. The molecule has 33 heavy (non-hydrogen) atoms. The van der Waals surface area contributed by atoms with E-state index < -0.39 is 0 Å². The number of hydrogen-bond acceptors (Lipinski definition) is 6. The van der Waals surface area contributed by atoms with Gasteiger partial charge < -0.3 is 19.9 Å². The Morgan fingerprint density at radius 1 is 1.09 bits per heavy atom. The summed E-state index contributed by atoms with van der Waals surface area (Å²) >= 11 is 0. The molecule has 2 saturated heterocycles. The largest absolute Gasteiger partial charge is 0.494 e. The molecule has 3 heterocycles. The van der Waals surface area contributed by atoms with Gasteiger partial charge in [0.05, 0.1) is 19.5 Å². The number of anilines is 1. The van der Waals surface area contributed by atoms with E-state index in [-0.39, 0.29) is 12.1 Å². The molecule has 2 amide bonds. The normalized spacial score (nSPS) is 20.0. The molecule has 1 atom stereocenters. The minimum atomic E-state index is 0.0410. The van der Waals surface area contributed by atoms with Crippen molar-refractivity contribution in [1.29, 1.82) is 0 Å². The maximum absolute atomic E-state index is 12.8. The van der Waals surface area contributed by atoms with Gasteiger partial charge in [-0.25, -0.2) is 14.8 Å². The van der Waals surface area contributed by atoms with Crippen LogP contribution in [0.15, 0.2) is 42.7 Å². The lowest BCUT2D eigenvalue weighted by Gasteiger charge is -2.39. The number of ether oxygens (including phenoxy) is 1. The number of carbonyl (C=O) groups excluding carboxylic acids is 1. The zero-order valence-electron chi connectivity index (χ0n) is 19.8. The fraction of sp³-hybridized carbons (Fsp3) is 0.560. The first-order valence-electron chi connectivity index (χ1n) is 12.0. The zero-order valence-corrected chi connectivity index (χ0v) is 19.8. The summed E-state index contributed by atoms with van der Waals surface area (Å²) in [5.41, 5.74) is 1.39. The molecule has 8 heteroatoms. The molecule has 2 aromatic rings. The van der Waals surface area contributed by atoms with Crippen molar-refractivity contribution in [3.05, 3.63) is 48.3 Å². The second-order valence-electron chi connectivity index (χ2n) is 9.14. The van der Waals surface area contributed by atoms with Crippen LogP contribution in [-0.2, 0) is 6.54 Å². The number of nitrogens with one attached hydrogen (secondary N) is 1. The molecule has 0 bridgehead atoms. The Kier molecular flexibility index (Phi) is 7.99. The second kappa shape index (κ2) is 11.3. The third kappa shape index (κ3) is 6.35. The van der Waals surface area contributed by atoms with Crippen LogP contribution in [0.3, 0.4) is 0 Å². The summed E-state index contributed by atoms with van der Waals surface area (Å²) in [5.74, 6) is 2.02. The Morgan fingerprint density at radius 2 is 1.82 bits per heavy atom. The Balaban J connectivity index is 1.15. The molecule has 0 saturated carbocycles. The van der Waals surface area contributed by atoms with E-state index in [9.17, 15) is 4.79 Å². The molecule has 2 aliphatic heterocycles. The fourth-order valence-electron chi connectivity index (χ4n) is 4.78. The van der Waals surface area contributed by atoms with Gasteiger partial charge in [-0.1, -0.05) is 30.3 Å². The van der Waals surface area contributed by atoms with Crippen molar-refractivity contribution in [2.24, 2.45) is 5.92 Å². The standard InChI is InChI=1S/C25H36N6O2/c1-20-18-30(24-27-16-23(33-2)17-28-24)14-15-31(20)25(32)26-11-8-21-9-12-29(13-10-21)19-22-6-4-3-5-7-22/h3-7,16-17,20-21H,8-15,18-19H2,1-2H3,(H,26,32). The maximum Gasteiger partial charge on any atom is 0.317 e. The smallest absolute Gasteiger partial charge is 0.317 e. The van der Waals surface area contributed by atoms with E-state index in [1.54, 1.807) is 19.5 Å². The summed E-state index contributed by atoms with van der Waals surface area (Å²) in [6.45, 7) is 8.26. The van der Waals surface area contributed by atoms with Gasteiger partial charge in [0.25, 0.3) is 0 Å². The summed E-state index contributed by atoms with van der Waals surface area (Å²) < 4.78 is 5.13. The Bertz CT molecular complexity index is 870. The summed E-state index contributed by atoms with van der Waals surface area (Å²) in [6, 6.07) is 10.8. The number of piperazine rings is 1. The van der Waals surface area contributed by atoms with Gasteiger partial charge in [-0.3, -0.25) is 4.90 Å². The number of methoxy groups -OCH3 is 1. The van der Waals surface area contributed by atoms with Crippen molar-refractivity contribution < 1.29 is 9.53 Å². The van der Waals surface area contributed by atoms with E-state index in [0.717, 1.165) is 45.7 Å². The lowest BCUT2D eigenvalue weighted by molar-refractivity contribution is 0.162. The van der Waals surface area contributed by atoms with Crippen molar-refractivity contribution in [3.63, 3.8) is 0 Å². The van der Waals surface area contributed by atoms with Crippen LogP contribution >= 0.6 is 0 Å². The average molecular weight is 453 g/mol. The van der Waals surface area contributed by atoms with E-state index in [1.165, 1.54) is 18.4 Å². The van der Waals surface area contributed by atoms with Crippen LogP contribution in [0.25, 0.3) is 0 Å². The number of benzene rings is 1. The van der Waals surface area contributed by atoms with E-state index in [4.69, 9.17) is 4.74 Å². The first-order valence-corrected chi connectivity index (χ1v) is 12.0. The highest BCUT2D eigenvalue weighted by Crippen LogP contribution is 2.22. The number of carbonyl (C=O) groups is 1. The molecule has 1 aromatic carbocycles. The van der Waals surface area contributed by atoms with Crippen LogP contribution in [0.5, 0.6) is 5.75 Å². The molecule has 4 rings (SSSR count). The highest BCUT2D eigenvalue weighted by atomic mass is 16.5. The highest BCUT2D eigenvalue weighted by Gasteiger charge is 2.28. The number of amides is 2. The van der Waals surface area contributed by atoms with Gasteiger partial charge in [-0.15, -0.1) is 0 Å². The van der Waals surface area contributed by atoms with Gasteiger partial charge >= 0.3 is 6.03 Å². The van der Waals surface area contributed by atoms with Crippen LogP contribution in [-0.4, -0.2) is 78.2 Å². The quantitative estimate of drug-likeness (QED) is 0.696. The van der Waals surface area contributed by atoms with Crippen LogP contribution in [0.4, 0.5) is 10.7 Å². The first-order chi connectivity index (χ1) is 16.1. The van der Waals surface area contributed by atoms with Gasteiger partial charge in [0.15, 0.2) is 5.75 Å². The summed E-state index contributed by atoms with van der Waals surface area (Å²) in [6.07, 6.45) is 6.83. The van der Waals surface area contributed by atoms with Crippen LogP contribution in [0.2, 0.25) is 0 Å². The number of rotatable bonds is 7. The van der Waals surface area contributed by atoms with Gasteiger partial charge in [-0.2, -0.15) is 0 Å². The third-order valence-electron chi connectivity index (χ3n) is 6.81. The number of urea groups is 1. The minimum Gasteiger partial charge on any atom is -0.494 e. The molecule has 0 aliphatic carbocycles. The number of nitrogens with zero attached hydrogens (tertiary/aromatic N) is 5. The van der Waals surface area contributed by atoms with Crippen LogP contribution in [0, 0.1) is 5.92 Å². The number of likely N-dealkylation sites (tertiary alicyclic amines) is 1. The van der Waals surface area contributed by atoms with Gasteiger partial charge in [0.1, 0.15) is 0 Å². The summed E-state index contributed by atoms with van der Waals surface area (Å²) in [7, 11) is 1.60. The van der Waals surface area contributed by atoms with E-state index >= 15 is 0 Å². The molecule has 1 aromatic heterocycles. The van der Waals surface area contributed by atoms with Gasteiger partial charge in [0, 0.05) is 38.8 Å². The number of piperidine rings is 1. The molecule has 8 nitrogen and oxygen atoms in total. The van der Waals surface area contributed by atoms with Crippen molar-refractivity contribution in [2.45, 2.75) is 38.8 Å². The summed E-state index contributed by atoms with van der Waals surface area (Å²) in [5, 5.41) is 3.16. The molecule has 2 aliphatic rings. The minimum absolute atomic E-state index is 0.0410. The SMILES string of the molecule is COc1cnc(N2CCN(C(=O)NCCC3CCN(Cc4ccccc4)CC3)C(C)C2)nc1. The predicted octanol–water partition coefficient (Wildman–Crippen LogP) is 3.01. The number of hydrogen-bond donors (Lipinski definition) is 1. The highest BCUT2D eigenvalue weighted by molar-refractivity contribution is 5.74. The molecular weight excluding hydrogens is 416 g/mol. The molecule has 0 spiro atoms. The molecule has 0 radical (unpaired) electrons. The monoisotopic (exact) mass is 452 g/mol. The van der Waals surface area contributed by atoms with Crippen molar-refractivity contribution in [2.75, 3.05) is 51.3 Å². The predicted molar refractivity (Wildman–Crippen MR) is 129 cm³/mol. The van der Waals surface area contributed by atoms with E-state index in [1.807, 2.05) is 4.90 Å². The van der Waals surface area contributed by atoms with E-state index in [0.29, 0.717) is 24.2 Å². The molecule has 178 valence electrons. The molecule has 1 N–H and O–H groups in total. The lowest BCUT2D eigenvalue weighted by Crippen LogP contribution is -2.57. The maximum atomic E-state index is 12.8. The van der Waals surface area contributed by atoms with Crippen molar-refractivity contribution in [1.82, 2.24) is 25.1 Å². The van der Waals surface area contributed by atoms with Crippen LogP contribution < -0.4 is 15.0 Å². The number of aromatic nitrogens is 2. The molecule has 2 fully saturated rings. The Hall–Kier alpha value is -2.87. The average Bonchev–Trinajstić information content (AvgIpc) is 2.85. The first kappa shape index (κ1) is 23.3. The van der Waals surface area contributed by atoms with Crippen molar-refractivity contribution in [3.8, 4) is 5.75 Å². The van der Waals surface area contributed by atoms with E-state index in [2.05, 4.69) is 62.3 Å². The second-order valence-corrected chi connectivity index (χ2v) is 9.14. The molecule has 1 unspecified atom stereocenters. The fourth-order valence-corrected chi connectivity index (χ4v) is 4.78. The van der Waals surface area contributed by atoms with Gasteiger partial charge in [-0.05, 0) is 50.8 Å². The van der Waals surface area contributed by atoms with Gasteiger partial charge in [0.2, 0.25) is 5.95 Å². The summed E-state index contributed by atoms with van der Waals surface area (Å²) in [4.78, 5) is 28.1. The topological polar surface area (TPSA) is 73.8 Å². The Labute approximate surface area is 196 Å². The Morgan fingerprint density at radius 3 is 2.48 bits per heavy atom. The zero-order chi connectivity index (χ0) is 23.0. The van der Waals surface area contributed by atoms with Crippen molar-refractivity contribution >= 4 is 12.0 Å². The lowest BCUT2D eigenvalue weighted by atomic mass is 9.93. The third-order valence-corrected chi connectivity index (χ3v) is 6.81. The van der Waals surface area contributed by atoms with Crippen LogP contribution in [0.1, 0.15) is 31.7 Å².